The first-order chi connectivity index (χ1) is 9.25. The van der Waals surface area contributed by atoms with Gasteiger partial charge in [-0.25, -0.2) is 0 Å². The number of hydrogen-bond acceptors (Lipinski definition) is 2. The normalized spacial score (nSPS) is 23.4. The Morgan fingerprint density at radius 2 is 1.74 bits per heavy atom. The third-order valence-corrected chi connectivity index (χ3v) is 4.20. The quantitative estimate of drug-likeness (QED) is 0.597. The standard InChI is InChI=1S/C16H17NO2/c18-17(19)16-8-4-3-7-15(16)14-10-9-12-5-1-2-6-13(12)11-14/h1-2,5-6,9-11,15-16H,3-4,7-8H2/t15-,16-/m0/s1. The minimum Gasteiger partial charge on any atom is -0.264 e. The summed E-state index contributed by atoms with van der Waals surface area (Å²) in [5, 5.41) is 13.6. The van der Waals surface area contributed by atoms with Gasteiger partial charge in [0.2, 0.25) is 6.04 Å². The smallest absolute Gasteiger partial charge is 0.219 e. The van der Waals surface area contributed by atoms with Crippen LogP contribution in [-0.4, -0.2) is 11.0 Å². The summed E-state index contributed by atoms with van der Waals surface area (Å²) in [5.41, 5.74) is 1.13. The van der Waals surface area contributed by atoms with Crippen LogP contribution in [0, 0.1) is 10.1 Å². The second-order valence-electron chi connectivity index (χ2n) is 5.35. The third kappa shape index (κ3) is 2.33. The van der Waals surface area contributed by atoms with E-state index in [0.717, 1.165) is 24.8 Å². The Kier molecular flexibility index (Phi) is 3.20. The molecule has 1 aliphatic rings. The van der Waals surface area contributed by atoms with Gasteiger partial charge in [-0.2, -0.15) is 0 Å². The second-order valence-corrected chi connectivity index (χ2v) is 5.35. The molecule has 3 heteroatoms. The van der Waals surface area contributed by atoms with E-state index in [9.17, 15) is 10.1 Å². The minimum atomic E-state index is -0.407. The van der Waals surface area contributed by atoms with Gasteiger partial charge in [-0.3, -0.25) is 10.1 Å². The van der Waals surface area contributed by atoms with Crippen LogP contribution in [-0.2, 0) is 0 Å². The van der Waals surface area contributed by atoms with Crippen molar-refractivity contribution in [2.75, 3.05) is 0 Å². The first-order valence-electron chi connectivity index (χ1n) is 6.88. The van der Waals surface area contributed by atoms with Crippen molar-refractivity contribution in [2.24, 2.45) is 0 Å². The Balaban J connectivity index is 1.99. The van der Waals surface area contributed by atoms with Gasteiger partial charge < -0.3 is 0 Å². The van der Waals surface area contributed by atoms with Crippen LogP contribution < -0.4 is 0 Å². The van der Waals surface area contributed by atoms with E-state index in [1.807, 2.05) is 12.1 Å². The van der Waals surface area contributed by atoms with Gasteiger partial charge in [-0.15, -0.1) is 0 Å². The van der Waals surface area contributed by atoms with Crippen LogP contribution in [0.25, 0.3) is 10.8 Å². The highest BCUT2D eigenvalue weighted by Crippen LogP contribution is 2.35. The number of nitro groups is 1. The van der Waals surface area contributed by atoms with Gasteiger partial charge in [-0.05, 0) is 29.2 Å². The summed E-state index contributed by atoms with van der Waals surface area (Å²) in [7, 11) is 0. The number of nitrogens with zero attached hydrogens (tertiary/aromatic N) is 1. The lowest BCUT2D eigenvalue weighted by Crippen LogP contribution is -2.30. The van der Waals surface area contributed by atoms with E-state index in [2.05, 4.69) is 30.3 Å². The van der Waals surface area contributed by atoms with Gasteiger partial charge in [0.25, 0.3) is 0 Å². The average molecular weight is 255 g/mol. The topological polar surface area (TPSA) is 43.1 Å². The zero-order chi connectivity index (χ0) is 13.2. The van der Waals surface area contributed by atoms with Crippen molar-refractivity contribution in [3.63, 3.8) is 0 Å². The van der Waals surface area contributed by atoms with Crippen LogP contribution in [0.1, 0.15) is 37.2 Å². The molecule has 0 aliphatic heterocycles. The van der Waals surface area contributed by atoms with Crippen molar-refractivity contribution in [1.82, 2.24) is 0 Å². The summed E-state index contributed by atoms with van der Waals surface area (Å²) in [4.78, 5) is 11.1. The lowest BCUT2D eigenvalue weighted by atomic mass is 9.80. The molecule has 2 aromatic carbocycles. The van der Waals surface area contributed by atoms with Gasteiger partial charge >= 0.3 is 0 Å². The molecule has 0 bridgehead atoms. The predicted molar refractivity (Wildman–Crippen MR) is 75.9 cm³/mol. The minimum absolute atomic E-state index is 0.0772. The fourth-order valence-corrected chi connectivity index (χ4v) is 3.19. The first-order valence-corrected chi connectivity index (χ1v) is 6.88. The van der Waals surface area contributed by atoms with Gasteiger partial charge in [0.05, 0.1) is 5.92 Å². The van der Waals surface area contributed by atoms with Gasteiger partial charge in [0.15, 0.2) is 0 Å². The van der Waals surface area contributed by atoms with Crippen molar-refractivity contribution in [3.8, 4) is 0 Å². The van der Waals surface area contributed by atoms with Crippen LogP contribution in [0.4, 0.5) is 0 Å². The molecule has 1 fully saturated rings. The van der Waals surface area contributed by atoms with E-state index in [0.29, 0.717) is 6.42 Å². The van der Waals surface area contributed by atoms with Gasteiger partial charge in [0.1, 0.15) is 0 Å². The Morgan fingerprint density at radius 1 is 1.00 bits per heavy atom. The molecule has 0 N–H and O–H groups in total. The summed E-state index contributed by atoms with van der Waals surface area (Å²) >= 11 is 0. The maximum absolute atomic E-state index is 11.2. The number of fused-ring (bicyclic) bond motifs is 1. The average Bonchev–Trinajstić information content (AvgIpc) is 2.46. The van der Waals surface area contributed by atoms with Crippen molar-refractivity contribution in [2.45, 2.75) is 37.6 Å². The van der Waals surface area contributed by atoms with Crippen LogP contribution in [0.5, 0.6) is 0 Å². The molecule has 0 amide bonds. The second kappa shape index (κ2) is 5.00. The summed E-state index contributed by atoms with van der Waals surface area (Å²) < 4.78 is 0. The zero-order valence-corrected chi connectivity index (χ0v) is 10.8. The maximum atomic E-state index is 11.2. The monoisotopic (exact) mass is 255 g/mol. The summed E-state index contributed by atoms with van der Waals surface area (Å²) in [6.07, 6.45) is 3.73. The van der Waals surface area contributed by atoms with Crippen molar-refractivity contribution >= 4 is 10.8 Å². The Bertz CT molecular complexity index is 608. The molecule has 3 rings (SSSR count). The van der Waals surface area contributed by atoms with E-state index in [4.69, 9.17) is 0 Å². The fraction of sp³-hybridized carbons (Fsp3) is 0.375. The maximum Gasteiger partial charge on any atom is 0.219 e. The molecule has 0 unspecified atom stereocenters. The van der Waals surface area contributed by atoms with Gasteiger partial charge in [0, 0.05) is 11.3 Å². The lowest BCUT2D eigenvalue weighted by Gasteiger charge is -2.25. The highest BCUT2D eigenvalue weighted by atomic mass is 16.6. The molecule has 0 saturated heterocycles. The molecule has 1 saturated carbocycles. The molecule has 0 aromatic heterocycles. The lowest BCUT2D eigenvalue weighted by molar-refractivity contribution is -0.530. The highest BCUT2D eigenvalue weighted by Gasteiger charge is 2.34. The predicted octanol–water partition coefficient (Wildman–Crippen LogP) is 4.14. The van der Waals surface area contributed by atoms with Crippen LogP contribution in [0.2, 0.25) is 0 Å². The molecular weight excluding hydrogens is 238 g/mol. The van der Waals surface area contributed by atoms with Crippen molar-refractivity contribution in [1.29, 1.82) is 0 Å². The molecule has 3 nitrogen and oxygen atoms in total. The summed E-state index contributed by atoms with van der Waals surface area (Å²) in [6.45, 7) is 0. The zero-order valence-electron chi connectivity index (χ0n) is 10.8. The SMILES string of the molecule is O=[N+]([O-])[C@H]1CCCC[C@H]1c1ccc2ccccc2c1. The van der Waals surface area contributed by atoms with Gasteiger partial charge in [-0.1, -0.05) is 48.9 Å². The largest absolute Gasteiger partial charge is 0.264 e. The van der Waals surface area contributed by atoms with E-state index in [1.54, 1.807) is 0 Å². The summed E-state index contributed by atoms with van der Waals surface area (Å²) in [6, 6.07) is 14.0. The van der Waals surface area contributed by atoms with Crippen LogP contribution in [0.15, 0.2) is 42.5 Å². The molecule has 1 aliphatic carbocycles. The summed E-state index contributed by atoms with van der Waals surface area (Å²) in [5.74, 6) is 0.0772. The molecule has 0 radical (unpaired) electrons. The molecule has 19 heavy (non-hydrogen) atoms. The third-order valence-electron chi connectivity index (χ3n) is 4.20. The Labute approximate surface area is 112 Å². The van der Waals surface area contributed by atoms with Crippen molar-refractivity contribution < 1.29 is 4.92 Å². The van der Waals surface area contributed by atoms with Crippen LogP contribution >= 0.6 is 0 Å². The van der Waals surface area contributed by atoms with Crippen molar-refractivity contribution in [3.05, 3.63) is 58.1 Å². The van der Waals surface area contributed by atoms with E-state index in [-0.39, 0.29) is 10.8 Å². The number of benzene rings is 2. The van der Waals surface area contributed by atoms with E-state index >= 15 is 0 Å². The highest BCUT2D eigenvalue weighted by molar-refractivity contribution is 5.83. The molecule has 0 spiro atoms. The molecule has 0 heterocycles. The Hall–Kier alpha value is -1.90. The van der Waals surface area contributed by atoms with E-state index < -0.39 is 6.04 Å². The molecule has 98 valence electrons. The number of hydrogen-bond donors (Lipinski definition) is 0. The molecular formula is C16H17NO2. The van der Waals surface area contributed by atoms with E-state index in [1.165, 1.54) is 10.8 Å². The Morgan fingerprint density at radius 3 is 2.53 bits per heavy atom. The molecule has 2 atom stereocenters. The molecule has 2 aromatic rings. The fourth-order valence-electron chi connectivity index (χ4n) is 3.19. The van der Waals surface area contributed by atoms with Crippen LogP contribution in [0.3, 0.4) is 0 Å². The number of rotatable bonds is 2. The first kappa shape index (κ1) is 12.2.